The van der Waals surface area contributed by atoms with E-state index in [-0.39, 0.29) is 11.9 Å². The van der Waals surface area contributed by atoms with E-state index < -0.39 is 0 Å². The number of rotatable bonds is 4. The first-order valence-electron chi connectivity index (χ1n) is 10.5. The molecule has 0 radical (unpaired) electrons. The van der Waals surface area contributed by atoms with Crippen LogP contribution in [0.15, 0.2) is 84.1 Å². The highest BCUT2D eigenvalue weighted by molar-refractivity contribution is 6.06. The molecule has 1 aromatic heterocycles. The standard InChI is InChI=1S/C26H24N4O2/c1-16-8-10-18(11-9-16)24-23(25(31)28-19-12-14-20(32-3)15-13-19)17(2)27-26-29-21-6-4-5-7-22(21)30(24)26/h4-15,24H,1-3H3,(H,27,29)(H,28,31). The lowest BCUT2D eigenvalue weighted by atomic mass is 9.93. The Balaban J connectivity index is 1.62. The Labute approximate surface area is 186 Å². The van der Waals surface area contributed by atoms with Crippen molar-refractivity contribution >= 4 is 28.6 Å². The smallest absolute Gasteiger partial charge is 0.255 e. The summed E-state index contributed by atoms with van der Waals surface area (Å²) in [5, 5.41) is 6.40. The molecule has 1 atom stereocenters. The van der Waals surface area contributed by atoms with Crippen molar-refractivity contribution in [3.8, 4) is 5.75 Å². The molecule has 32 heavy (non-hydrogen) atoms. The van der Waals surface area contributed by atoms with E-state index in [1.165, 1.54) is 5.56 Å². The van der Waals surface area contributed by atoms with Crippen molar-refractivity contribution in [2.75, 3.05) is 17.7 Å². The van der Waals surface area contributed by atoms with Crippen LogP contribution in [0, 0.1) is 6.92 Å². The number of allylic oxidation sites excluding steroid dienone is 1. The maximum atomic E-state index is 13.6. The van der Waals surface area contributed by atoms with Crippen LogP contribution in [0.3, 0.4) is 0 Å². The zero-order chi connectivity index (χ0) is 22.2. The molecule has 4 aromatic rings. The monoisotopic (exact) mass is 424 g/mol. The Bertz CT molecular complexity index is 1330. The fourth-order valence-electron chi connectivity index (χ4n) is 4.19. The number of nitrogens with zero attached hydrogens (tertiary/aromatic N) is 2. The van der Waals surface area contributed by atoms with E-state index in [4.69, 9.17) is 9.72 Å². The molecule has 0 saturated carbocycles. The van der Waals surface area contributed by atoms with E-state index in [0.29, 0.717) is 11.3 Å². The molecule has 160 valence electrons. The lowest BCUT2D eigenvalue weighted by Gasteiger charge is -2.30. The molecule has 2 heterocycles. The van der Waals surface area contributed by atoms with Crippen LogP contribution in [-0.4, -0.2) is 22.6 Å². The van der Waals surface area contributed by atoms with Crippen molar-refractivity contribution in [3.05, 3.63) is 95.2 Å². The number of benzene rings is 3. The summed E-state index contributed by atoms with van der Waals surface area (Å²) >= 11 is 0. The van der Waals surface area contributed by atoms with Crippen LogP contribution >= 0.6 is 0 Å². The van der Waals surface area contributed by atoms with Crippen LogP contribution in [0.1, 0.15) is 24.1 Å². The molecule has 1 unspecified atom stereocenters. The molecule has 0 spiro atoms. The van der Waals surface area contributed by atoms with Crippen molar-refractivity contribution in [1.29, 1.82) is 0 Å². The third kappa shape index (κ3) is 3.39. The van der Waals surface area contributed by atoms with Crippen LogP contribution in [-0.2, 0) is 4.79 Å². The number of nitrogens with one attached hydrogen (secondary N) is 2. The number of amides is 1. The molecule has 5 rings (SSSR count). The number of hydrogen-bond donors (Lipinski definition) is 2. The van der Waals surface area contributed by atoms with Gasteiger partial charge in [-0.15, -0.1) is 0 Å². The van der Waals surface area contributed by atoms with Gasteiger partial charge in [0.05, 0.1) is 29.8 Å². The molecule has 0 aliphatic carbocycles. The minimum Gasteiger partial charge on any atom is -0.497 e. The van der Waals surface area contributed by atoms with Gasteiger partial charge >= 0.3 is 0 Å². The predicted octanol–water partition coefficient (Wildman–Crippen LogP) is 5.28. The van der Waals surface area contributed by atoms with E-state index in [2.05, 4.69) is 46.4 Å². The number of anilines is 2. The maximum absolute atomic E-state index is 13.6. The first-order chi connectivity index (χ1) is 15.5. The molecule has 6 nitrogen and oxygen atoms in total. The molecule has 0 saturated heterocycles. The lowest BCUT2D eigenvalue weighted by Crippen LogP contribution is -2.30. The summed E-state index contributed by atoms with van der Waals surface area (Å²) in [5.74, 6) is 1.31. The topological polar surface area (TPSA) is 68.2 Å². The van der Waals surface area contributed by atoms with E-state index in [9.17, 15) is 4.79 Å². The van der Waals surface area contributed by atoms with Crippen molar-refractivity contribution in [3.63, 3.8) is 0 Å². The minimum absolute atomic E-state index is 0.158. The lowest BCUT2D eigenvalue weighted by molar-refractivity contribution is -0.113. The van der Waals surface area contributed by atoms with Gasteiger partial charge in [-0.1, -0.05) is 42.0 Å². The van der Waals surface area contributed by atoms with Gasteiger partial charge in [0.25, 0.3) is 5.91 Å². The summed E-state index contributed by atoms with van der Waals surface area (Å²) in [6, 6.07) is 23.3. The third-order valence-corrected chi connectivity index (χ3v) is 5.82. The largest absolute Gasteiger partial charge is 0.497 e. The molecule has 0 fully saturated rings. The maximum Gasteiger partial charge on any atom is 0.255 e. The van der Waals surface area contributed by atoms with Gasteiger partial charge in [-0.2, -0.15) is 0 Å². The summed E-state index contributed by atoms with van der Waals surface area (Å²) in [6.07, 6.45) is 0. The number of hydrogen-bond acceptors (Lipinski definition) is 4. The SMILES string of the molecule is COc1ccc(NC(=O)C2=C(C)Nc3nc4ccccc4n3C2c2ccc(C)cc2)cc1. The summed E-state index contributed by atoms with van der Waals surface area (Å²) in [7, 11) is 1.62. The number of imidazole rings is 1. The number of para-hydroxylation sites is 2. The summed E-state index contributed by atoms with van der Waals surface area (Å²) < 4.78 is 7.33. The molecule has 6 heteroatoms. The Morgan fingerprint density at radius 1 is 1.00 bits per heavy atom. The zero-order valence-electron chi connectivity index (χ0n) is 18.2. The summed E-state index contributed by atoms with van der Waals surface area (Å²) in [6.45, 7) is 3.98. The quantitative estimate of drug-likeness (QED) is 0.468. The highest BCUT2D eigenvalue weighted by Gasteiger charge is 2.34. The Morgan fingerprint density at radius 3 is 2.44 bits per heavy atom. The van der Waals surface area contributed by atoms with Gasteiger partial charge in [-0.25, -0.2) is 4.98 Å². The van der Waals surface area contributed by atoms with Gasteiger partial charge in [0.1, 0.15) is 5.75 Å². The van der Waals surface area contributed by atoms with Gasteiger partial charge in [-0.05, 0) is 55.8 Å². The normalized spacial score (nSPS) is 15.3. The second-order valence-corrected chi connectivity index (χ2v) is 7.95. The molecule has 1 aliphatic rings. The van der Waals surface area contributed by atoms with Gasteiger partial charge in [0.2, 0.25) is 5.95 Å². The average Bonchev–Trinajstić information content (AvgIpc) is 3.17. The molecular formula is C26H24N4O2. The molecule has 0 bridgehead atoms. The Morgan fingerprint density at radius 2 is 1.72 bits per heavy atom. The van der Waals surface area contributed by atoms with Crippen LogP contribution in [0.4, 0.5) is 11.6 Å². The van der Waals surface area contributed by atoms with Crippen LogP contribution in [0.5, 0.6) is 5.75 Å². The van der Waals surface area contributed by atoms with Gasteiger partial charge in [0, 0.05) is 11.4 Å². The van der Waals surface area contributed by atoms with Crippen molar-refractivity contribution < 1.29 is 9.53 Å². The van der Waals surface area contributed by atoms with Crippen molar-refractivity contribution in [2.45, 2.75) is 19.9 Å². The fourth-order valence-corrected chi connectivity index (χ4v) is 4.19. The van der Waals surface area contributed by atoms with Crippen LogP contribution < -0.4 is 15.4 Å². The Hall–Kier alpha value is -4.06. The fraction of sp³-hybridized carbons (Fsp3) is 0.154. The Kier molecular flexibility index (Phi) is 4.90. The first kappa shape index (κ1) is 19.9. The van der Waals surface area contributed by atoms with Gasteiger partial charge in [0.15, 0.2) is 0 Å². The number of methoxy groups -OCH3 is 1. The minimum atomic E-state index is -0.308. The van der Waals surface area contributed by atoms with Crippen molar-refractivity contribution in [1.82, 2.24) is 9.55 Å². The predicted molar refractivity (Wildman–Crippen MR) is 127 cm³/mol. The zero-order valence-corrected chi connectivity index (χ0v) is 18.2. The second-order valence-electron chi connectivity index (χ2n) is 7.95. The van der Waals surface area contributed by atoms with Crippen LogP contribution in [0.2, 0.25) is 0 Å². The van der Waals surface area contributed by atoms with Crippen molar-refractivity contribution in [2.24, 2.45) is 0 Å². The van der Waals surface area contributed by atoms with Gasteiger partial charge < -0.3 is 15.4 Å². The van der Waals surface area contributed by atoms with E-state index in [1.807, 2.05) is 55.5 Å². The number of carbonyl (C=O) groups excluding carboxylic acids is 1. The van der Waals surface area contributed by atoms with E-state index in [0.717, 1.165) is 34.0 Å². The average molecular weight is 425 g/mol. The molecule has 1 aliphatic heterocycles. The third-order valence-electron chi connectivity index (χ3n) is 5.82. The number of aromatic nitrogens is 2. The summed E-state index contributed by atoms with van der Waals surface area (Å²) in [4.78, 5) is 18.3. The highest BCUT2D eigenvalue weighted by atomic mass is 16.5. The number of carbonyl (C=O) groups is 1. The van der Waals surface area contributed by atoms with Crippen LogP contribution in [0.25, 0.3) is 11.0 Å². The summed E-state index contributed by atoms with van der Waals surface area (Å²) in [5.41, 5.74) is 6.20. The van der Waals surface area contributed by atoms with E-state index in [1.54, 1.807) is 7.11 Å². The molecule has 1 amide bonds. The molecule has 3 aromatic carbocycles. The highest BCUT2D eigenvalue weighted by Crippen LogP contribution is 2.39. The number of aryl methyl sites for hydroxylation is 1. The van der Waals surface area contributed by atoms with Gasteiger partial charge in [-0.3, -0.25) is 9.36 Å². The van der Waals surface area contributed by atoms with E-state index >= 15 is 0 Å². The second kappa shape index (κ2) is 7.89. The molecular weight excluding hydrogens is 400 g/mol. The number of fused-ring (bicyclic) bond motifs is 3. The molecule has 2 N–H and O–H groups in total. The number of ether oxygens (including phenoxy) is 1. The first-order valence-corrected chi connectivity index (χ1v) is 10.5.